The van der Waals surface area contributed by atoms with E-state index in [-0.39, 0.29) is 4.21 Å². The third-order valence-electron chi connectivity index (χ3n) is 2.87. The second-order valence-corrected chi connectivity index (χ2v) is 7.91. The van der Waals surface area contributed by atoms with Crippen molar-refractivity contribution in [3.8, 4) is 0 Å². The molecule has 0 bridgehead atoms. The van der Waals surface area contributed by atoms with E-state index < -0.39 is 10.0 Å². The third kappa shape index (κ3) is 2.54. The van der Waals surface area contributed by atoms with Gasteiger partial charge in [0.1, 0.15) is 4.21 Å². The summed E-state index contributed by atoms with van der Waals surface area (Å²) >= 11 is 6.98. The minimum Gasteiger partial charge on any atom is -0.411 e. The third-order valence-corrected chi connectivity index (χ3v) is 6.77. The number of aryl methyl sites for hydroxylation is 1. The summed E-state index contributed by atoms with van der Waals surface area (Å²) in [6, 6.07) is 1.60. The summed E-state index contributed by atoms with van der Waals surface area (Å²) < 4.78 is 26.8. The van der Waals surface area contributed by atoms with Crippen LogP contribution in [0, 0.1) is 6.92 Å². The molecule has 0 aliphatic carbocycles. The van der Waals surface area contributed by atoms with Crippen LogP contribution >= 0.6 is 22.9 Å². The van der Waals surface area contributed by atoms with Gasteiger partial charge in [0.25, 0.3) is 10.0 Å². The maximum atomic E-state index is 12.3. The van der Waals surface area contributed by atoms with Crippen LogP contribution < -0.4 is 0 Å². The lowest BCUT2D eigenvalue weighted by molar-refractivity contribution is 0.310. The van der Waals surface area contributed by atoms with Gasteiger partial charge in [0.05, 0.1) is 10.0 Å². The van der Waals surface area contributed by atoms with E-state index >= 15 is 0 Å². The van der Waals surface area contributed by atoms with E-state index in [0.29, 0.717) is 36.0 Å². The van der Waals surface area contributed by atoms with Crippen molar-refractivity contribution in [1.82, 2.24) is 4.31 Å². The van der Waals surface area contributed by atoms with Crippen molar-refractivity contribution in [1.29, 1.82) is 0 Å². The fourth-order valence-electron chi connectivity index (χ4n) is 1.77. The van der Waals surface area contributed by atoms with E-state index in [1.54, 1.807) is 13.0 Å². The Hall–Kier alpha value is -0.630. The first-order valence-corrected chi connectivity index (χ1v) is 8.04. The van der Waals surface area contributed by atoms with E-state index in [1.165, 1.54) is 4.31 Å². The summed E-state index contributed by atoms with van der Waals surface area (Å²) in [6.45, 7) is 2.47. The van der Waals surface area contributed by atoms with Gasteiger partial charge in [0.2, 0.25) is 0 Å². The summed E-state index contributed by atoms with van der Waals surface area (Å²) in [6.07, 6.45) is 0.932. The molecule has 1 aliphatic rings. The van der Waals surface area contributed by atoms with Crippen LogP contribution in [0.3, 0.4) is 0 Å². The average Bonchev–Trinajstić information content (AvgIpc) is 2.70. The lowest BCUT2D eigenvalue weighted by Crippen LogP contribution is -2.38. The molecule has 2 heterocycles. The van der Waals surface area contributed by atoms with Crippen molar-refractivity contribution >= 4 is 38.7 Å². The molecule has 0 amide bonds. The van der Waals surface area contributed by atoms with E-state index in [9.17, 15) is 8.42 Å². The van der Waals surface area contributed by atoms with Gasteiger partial charge in [-0.3, -0.25) is 0 Å². The second-order valence-electron chi connectivity index (χ2n) is 4.09. The first-order chi connectivity index (χ1) is 8.45. The Balaban J connectivity index is 2.22. The van der Waals surface area contributed by atoms with E-state index in [4.69, 9.17) is 16.8 Å². The summed E-state index contributed by atoms with van der Waals surface area (Å²) in [5, 5.41) is 11.8. The molecule has 1 N–H and O–H groups in total. The number of piperidine rings is 1. The van der Waals surface area contributed by atoms with Gasteiger partial charge in [-0.15, -0.1) is 11.3 Å². The molecule has 1 saturated heterocycles. The van der Waals surface area contributed by atoms with E-state index in [0.717, 1.165) is 16.9 Å². The molecule has 0 spiro atoms. The molecule has 0 unspecified atom stereocenters. The van der Waals surface area contributed by atoms with Gasteiger partial charge < -0.3 is 5.21 Å². The predicted octanol–water partition coefficient (Wildman–Crippen LogP) is 2.32. The molecule has 2 rings (SSSR count). The van der Waals surface area contributed by atoms with Crippen molar-refractivity contribution < 1.29 is 13.6 Å². The van der Waals surface area contributed by atoms with Crippen LogP contribution in [0.4, 0.5) is 0 Å². The fourth-order valence-corrected chi connectivity index (χ4v) is 5.08. The Labute approximate surface area is 115 Å². The summed E-state index contributed by atoms with van der Waals surface area (Å²) in [4.78, 5) is 0. The van der Waals surface area contributed by atoms with Crippen molar-refractivity contribution in [2.45, 2.75) is 24.0 Å². The van der Waals surface area contributed by atoms with Crippen LogP contribution in [-0.4, -0.2) is 36.7 Å². The standard InChI is InChI=1S/C10H13ClN2O3S2/c1-7-6-9(17-10(7)11)18(15,16)13-4-2-8(12-14)3-5-13/h6,14H,2-5H2,1H3. The Bertz CT molecular complexity index is 550. The molecule has 0 radical (unpaired) electrons. The topological polar surface area (TPSA) is 70.0 Å². The minimum absolute atomic E-state index is 0.273. The molecule has 1 aromatic heterocycles. The molecule has 1 aromatic rings. The number of hydrogen-bond acceptors (Lipinski definition) is 5. The molecule has 1 fully saturated rings. The zero-order chi connectivity index (χ0) is 13.3. The van der Waals surface area contributed by atoms with E-state index in [2.05, 4.69) is 5.16 Å². The molecule has 8 heteroatoms. The summed E-state index contributed by atoms with van der Waals surface area (Å²) in [7, 11) is -3.46. The van der Waals surface area contributed by atoms with Gasteiger partial charge in [-0.05, 0) is 18.6 Å². The lowest BCUT2D eigenvalue weighted by Gasteiger charge is -2.25. The van der Waals surface area contributed by atoms with E-state index in [1.807, 2.05) is 0 Å². The summed E-state index contributed by atoms with van der Waals surface area (Å²) in [5.41, 5.74) is 1.41. The van der Waals surface area contributed by atoms with Crippen LogP contribution in [0.1, 0.15) is 18.4 Å². The van der Waals surface area contributed by atoms with Gasteiger partial charge in [-0.1, -0.05) is 16.8 Å². The molecular weight excluding hydrogens is 296 g/mol. The van der Waals surface area contributed by atoms with Crippen LogP contribution in [0.2, 0.25) is 4.34 Å². The maximum Gasteiger partial charge on any atom is 0.252 e. The first kappa shape index (κ1) is 13.8. The Kier molecular flexibility index (Phi) is 3.96. The fraction of sp³-hybridized carbons (Fsp3) is 0.500. The highest BCUT2D eigenvalue weighted by Gasteiger charge is 2.29. The summed E-state index contributed by atoms with van der Waals surface area (Å²) in [5.74, 6) is 0. The van der Waals surface area contributed by atoms with Crippen LogP contribution in [-0.2, 0) is 10.0 Å². The Morgan fingerprint density at radius 1 is 1.44 bits per heavy atom. The zero-order valence-electron chi connectivity index (χ0n) is 9.76. The van der Waals surface area contributed by atoms with Gasteiger partial charge >= 0.3 is 0 Å². The first-order valence-electron chi connectivity index (χ1n) is 5.41. The van der Waals surface area contributed by atoms with Gasteiger partial charge in [-0.2, -0.15) is 4.31 Å². The predicted molar refractivity (Wildman–Crippen MR) is 71.3 cm³/mol. The SMILES string of the molecule is Cc1cc(S(=O)(=O)N2CCC(=NO)CC2)sc1Cl. The molecular formula is C10H13ClN2O3S2. The monoisotopic (exact) mass is 308 g/mol. The van der Waals surface area contributed by atoms with Crippen LogP contribution in [0.5, 0.6) is 0 Å². The maximum absolute atomic E-state index is 12.3. The number of halogens is 1. The highest BCUT2D eigenvalue weighted by atomic mass is 35.5. The number of oxime groups is 1. The van der Waals surface area contributed by atoms with Crippen molar-refractivity contribution in [2.75, 3.05) is 13.1 Å². The van der Waals surface area contributed by atoms with Gasteiger partial charge in [0, 0.05) is 25.9 Å². The normalized spacial score (nSPS) is 18.0. The number of rotatable bonds is 2. The van der Waals surface area contributed by atoms with Crippen LogP contribution in [0.25, 0.3) is 0 Å². The number of nitrogens with zero attached hydrogens (tertiary/aromatic N) is 2. The Morgan fingerprint density at radius 3 is 2.50 bits per heavy atom. The Morgan fingerprint density at radius 2 is 2.06 bits per heavy atom. The molecule has 0 saturated carbocycles. The molecule has 1 aliphatic heterocycles. The second kappa shape index (κ2) is 5.16. The molecule has 0 atom stereocenters. The minimum atomic E-state index is -3.46. The molecule has 5 nitrogen and oxygen atoms in total. The van der Waals surface area contributed by atoms with Crippen molar-refractivity contribution in [3.05, 3.63) is 16.0 Å². The highest BCUT2D eigenvalue weighted by Crippen LogP contribution is 2.32. The number of thiophene rings is 1. The largest absolute Gasteiger partial charge is 0.411 e. The molecule has 18 heavy (non-hydrogen) atoms. The molecule has 0 aromatic carbocycles. The quantitative estimate of drug-likeness (QED) is 0.673. The average molecular weight is 309 g/mol. The van der Waals surface area contributed by atoms with Crippen LogP contribution in [0.15, 0.2) is 15.4 Å². The van der Waals surface area contributed by atoms with Crippen molar-refractivity contribution in [3.63, 3.8) is 0 Å². The highest BCUT2D eigenvalue weighted by molar-refractivity contribution is 7.91. The van der Waals surface area contributed by atoms with Crippen molar-refractivity contribution in [2.24, 2.45) is 5.16 Å². The molecule has 100 valence electrons. The van der Waals surface area contributed by atoms with Gasteiger partial charge in [0.15, 0.2) is 0 Å². The van der Waals surface area contributed by atoms with Gasteiger partial charge in [-0.25, -0.2) is 8.42 Å². The number of hydrogen-bond donors (Lipinski definition) is 1. The smallest absolute Gasteiger partial charge is 0.252 e. The lowest BCUT2D eigenvalue weighted by atomic mass is 10.1. The number of sulfonamides is 1. The zero-order valence-corrected chi connectivity index (χ0v) is 12.1.